The molecular formula is C18H20O8S. The highest BCUT2D eigenvalue weighted by molar-refractivity contribution is 7.20. The summed E-state index contributed by atoms with van der Waals surface area (Å²) in [7, 11) is 5.44. The molecule has 0 fully saturated rings. The van der Waals surface area contributed by atoms with Gasteiger partial charge in [0, 0.05) is 17.9 Å². The predicted molar refractivity (Wildman–Crippen MR) is 97.8 cm³/mol. The fourth-order valence-electron chi connectivity index (χ4n) is 2.74. The molecule has 0 bridgehead atoms. The van der Waals surface area contributed by atoms with Crippen molar-refractivity contribution in [2.75, 3.05) is 35.0 Å². The molecule has 0 saturated heterocycles. The smallest absolute Gasteiger partial charge is 0.315 e. The van der Waals surface area contributed by atoms with E-state index in [1.807, 2.05) is 0 Å². The van der Waals surface area contributed by atoms with Crippen LogP contribution in [0.2, 0.25) is 0 Å². The van der Waals surface area contributed by atoms with E-state index < -0.39 is 29.6 Å². The number of thiophene rings is 1. The third-order valence-electron chi connectivity index (χ3n) is 4.07. The maximum absolute atomic E-state index is 12.9. The molecule has 0 aliphatic rings. The molecule has 27 heavy (non-hydrogen) atoms. The maximum Gasteiger partial charge on any atom is 0.315 e. The van der Waals surface area contributed by atoms with Crippen LogP contribution in [0, 0.1) is 11.8 Å². The number of rotatable bonds is 9. The van der Waals surface area contributed by atoms with Crippen molar-refractivity contribution in [3.63, 3.8) is 0 Å². The van der Waals surface area contributed by atoms with Crippen LogP contribution in [0.1, 0.15) is 9.67 Å². The highest BCUT2D eigenvalue weighted by atomic mass is 32.1. The Labute approximate surface area is 159 Å². The van der Waals surface area contributed by atoms with Crippen molar-refractivity contribution in [2.45, 2.75) is 0 Å². The Hall–Kier alpha value is -2.65. The van der Waals surface area contributed by atoms with E-state index in [2.05, 4.69) is 4.74 Å². The highest BCUT2D eigenvalue weighted by Crippen LogP contribution is 2.37. The summed E-state index contributed by atoms with van der Waals surface area (Å²) in [6.45, 7) is -0.248. The molecule has 0 radical (unpaired) electrons. The average Bonchev–Trinajstić information content (AvgIpc) is 3.08. The first kappa shape index (κ1) is 20.7. The van der Waals surface area contributed by atoms with E-state index >= 15 is 0 Å². The van der Waals surface area contributed by atoms with Gasteiger partial charge in [0.25, 0.3) is 0 Å². The standard InChI is InChI=1S/C18H20O8S/c1-23-8-10(18(22)26-4)15(17(20)21)16(19)14-6-9-5-11(24-2)12(25-3)7-13(9)27-14/h5-7,10,15H,8H2,1-4H3,(H,20,21). The van der Waals surface area contributed by atoms with E-state index in [1.54, 1.807) is 18.2 Å². The number of carbonyl (C=O) groups is 3. The van der Waals surface area contributed by atoms with Crippen LogP contribution in [0.25, 0.3) is 10.1 Å². The van der Waals surface area contributed by atoms with E-state index in [0.717, 1.165) is 23.1 Å². The van der Waals surface area contributed by atoms with Crippen molar-refractivity contribution in [1.29, 1.82) is 0 Å². The van der Waals surface area contributed by atoms with Gasteiger partial charge in [0.15, 0.2) is 17.3 Å². The minimum Gasteiger partial charge on any atom is -0.493 e. The Morgan fingerprint density at radius 1 is 1.04 bits per heavy atom. The molecule has 0 spiro atoms. The van der Waals surface area contributed by atoms with Gasteiger partial charge < -0.3 is 24.1 Å². The molecule has 1 aromatic heterocycles. The molecule has 0 saturated carbocycles. The number of ether oxygens (including phenoxy) is 4. The minimum absolute atomic E-state index is 0.206. The van der Waals surface area contributed by atoms with Gasteiger partial charge in [0.2, 0.25) is 0 Å². The van der Waals surface area contributed by atoms with Crippen LogP contribution >= 0.6 is 11.3 Å². The van der Waals surface area contributed by atoms with Crippen molar-refractivity contribution < 1.29 is 38.4 Å². The summed E-state index contributed by atoms with van der Waals surface area (Å²) >= 11 is 1.11. The van der Waals surface area contributed by atoms with Crippen molar-refractivity contribution in [3.05, 3.63) is 23.1 Å². The van der Waals surface area contributed by atoms with Crippen molar-refractivity contribution in [1.82, 2.24) is 0 Å². The van der Waals surface area contributed by atoms with Crippen molar-refractivity contribution in [3.8, 4) is 11.5 Å². The Morgan fingerprint density at radius 2 is 1.67 bits per heavy atom. The van der Waals surface area contributed by atoms with Crippen LogP contribution in [0.3, 0.4) is 0 Å². The zero-order valence-electron chi connectivity index (χ0n) is 15.3. The third-order valence-corrected chi connectivity index (χ3v) is 5.18. The predicted octanol–water partition coefficient (Wildman–Crippen LogP) is 2.24. The largest absolute Gasteiger partial charge is 0.493 e. The molecule has 2 unspecified atom stereocenters. The van der Waals surface area contributed by atoms with Crippen LogP contribution in [-0.2, 0) is 19.1 Å². The number of ketones is 1. The van der Waals surface area contributed by atoms with Gasteiger partial charge in [-0.2, -0.15) is 0 Å². The second kappa shape index (κ2) is 8.83. The van der Waals surface area contributed by atoms with Gasteiger partial charge in [-0.15, -0.1) is 11.3 Å². The molecular weight excluding hydrogens is 376 g/mol. The number of hydrogen-bond donors (Lipinski definition) is 1. The van der Waals surface area contributed by atoms with Gasteiger partial charge in [0.05, 0.1) is 32.8 Å². The zero-order chi connectivity index (χ0) is 20.1. The van der Waals surface area contributed by atoms with E-state index in [9.17, 15) is 19.5 Å². The molecule has 1 N–H and O–H groups in total. The fraction of sp³-hybridized carbons (Fsp3) is 0.389. The first-order valence-electron chi connectivity index (χ1n) is 7.87. The number of carboxylic acids is 1. The van der Waals surface area contributed by atoms with Crippen LogP contribution in [0.4, 0.5) is 0 Å². The molecule has 8 nitrogen and oxygen atoms in total. The topological polar surface area (TPSA) is 108 Å². The lowest BCUT2D eigenvalue weighted by atomic mass is 9.88. The third kappa shape index (κ3) is 4.20. The van der Waals surface area contributed by atoms with E-state index in [-0.39, 0.29) is 11.5 Å². The Morgan fingerprint density at radius 3 is 2.19 bits per heavy atom. The van der Waals surface area contributed by atoms with Crippen LogP contribution in [0.15, 0.2) is 18.2 Å². The lowest BCUT2D eigenvalue weighted by Crippen LogP contribution is -2.38. The normalized spacial score (nSPS) is 13.0. The first-order chi connectivity index (χ1) is 12.9. The van der Waals surface area contributed by atoms with Gasteiger partial charge in [-0.05, 0) is 17.5 Å². The molecule has 146 valence electrons. The van der Waals surface area contributed by atoms with Crippen LogP contribution < -0.4 is 9.47 Å². The minimum atomic E-state index is -1.62. The van der Waals surface area contributed by atoms with Crippen LogP contribution in [0.5, 0.6) is 11.5 Å². The lowest BCUT2D eigenvalue weighted by Gasteiger charge is -2.19. The molecule has 1 aromatic carbocycles. The molecule has 1 heterocycles. The zero-order valence-corrected chi connectivity index (χ0v) is 16.1. The molecule has 2 aromatic rings. The number of methoxy groups -OCH3 is 4. The van der Waals surface area contributed by atoms with Crippen molar-refractivity contribution >= 4 is 39.1 Å². The Kier molecular flexibility index (Phi) is 6.75. The molecule has 2 atom stereocenters. The molecule has 0 aliphatic heterocycles. The number of carboxylic acid groups (broad SMARTS) is 1. The number of aliphatic carboxylic acids is 1. The summed E-state index contributed by atoms with van der Waals surface area (Å²) in [4.78, 5) is 36.8. The summed E-state index contributed by atoms with van der Waals surface area (Å²) in [5.41, 5.74) is 0. The number of Topliss-reactive ketones (excluding diaryl/α,β-unsaturated/α-hetero) is 1. The number of esters is 1. The highest BCUT2D eigenvalue weighted by Gasteiger charge is 2.41. The Balaban J connectivity index is 2.48. The number of benzene rings is 1. The van der Waals surface area contributed by atoms with Crippen molar-refractivity contribution in [2.24, 2.45) is 11.8 Å². The van der Waals surface area contributed by atoms with Crippen LogP contribution in [-0.4, -0.2) is 57.9 Å². The summed E-state index contributed by atoms with van der Waals surface area (Å²) < 4.78 is 20.8. The summed E-state index contributed by atoms with van der Waals surface area (Å²) in [6, 6.07) is 4.98. The van der Waals surface area contributed by atoms with E-state index in [4.69, 9.17) is 14.2 Å². The average molecular weight is 396 g/mol. The van der Waals surface area contributed by atoms with Gasteiger partial charge in [-0.1, -0.05) is 0 Å². The summed E-state index contributed by atoms with van der Waals surface area (Å²) in [5.74, 6) is -4.81. The molecule has 0 amide bonds. The molecule has 0 aliphatic carbocycles. The van der Waals surface area contributed by atoms with Gasteiger partial charge in [-0.25, -0.2) is 0 Å². The van der Waals surface area contributed by atoms with E-state index in [0.29, 0.717) is 16.9 Å². The number of hydrogen-bond acceptors (Lipinski definition) is 8. The monoisotopic (exact) mass is 396 g/mol. The summed E-state index contributed by atoms with van der Waals surface area (Å²) in [6.07, 6.45) is 0. The SMILES string of the molecule is COCC(C(=O)OC)C(C(=O)O)C(=O)c1cc2cc(OC)c(OC)cc2s1. The lowest BCUT2D eigenvalue weighted by molar-refractivity contribution is -0.156. The first-order valence-corrected chi connectivity index (χ1v) is 8.68. The van der Waals surface area contributed by atoms with E-state index in [1.165, 1.54) is 21.3 Å². The number of carbonyl (C=O) groups excluding carboxylic acids is 2. The second-order valence-corrected chi connectivity index (χ2v) is 6.70. The van der Waals surface area contributed by atoms with Gasteiger partial charge in [0.1, 0.15) is 11.8 Å². The molecule has 9 heteroatoms. The fourth-order valence-corrected chi connectivity index (χ4v) is 3.79. The maximum atomic E-state index is 12.9. The molecule has 2 rings (SSSR count). The van der Waals surface area contributed by atoms with Gasteiger partial charge >= 0.3 is 11.9 Å². The summed E-state index contributed by atoms with van der Waals surface area (Å²) in [5, 5.41) is 10.3. The van der Waals surface area contributed by atoms with Gasteiger partial charge in [-0.3, -0.25) is 14.4 Å². The quantitative estimate of drug-likeness (QED) is 0.391. The number of fused-ring (bicyclic) bond motifs is 1. The second-order valence-electron chi connectivity index (χ2n) is 5.62. The Bertz CT molecular complexity index is 815.